The number of nitrogens with zero attached hydrogens (tertiary/aromatic N) is 1. The zero-order valence-electron chi connectivity index (χ0n) is 11.0. The summed E-state index contributed by atoms with van der Waals surface area (Å²) < 4.78 is 26.7. The molecule has 0 heterocycles. The Bertz CT molecular complexity index is 649. The lowest BCUT2D eigenvalue weighted by Gasteiger charge is -2.11. The smallest absolute Gasteiger partial charge is 0.289 e. The molecule has 0 spiro atoms. The number of hydrogen-bond donors (Lipinski definition) is 2. The van der Waals surface area contributed by atoms with E-state index in [1.807, 2.05) is 0 Å². The molecule has 2 unspecified atom stereocenters. The fraction of sp³-hybridized carbons (Fsp3) is 0.500. The number of halogens is 1. The lowest BCUT2D eigenvalue weighted by atomic mass is 10.1. The van der Waals surface area contributed by atoms with Crippen molar-refractivity contribution in [3.05, 3.63) is 33.3 Å². The highest BCUT2D eigenvalue weighted by molar-refractivity contribution is 7.89. The van der Waals surface area contributed by atoms with Crippen LogP contribution in [0.25, 0.3) is 0 Å². The largest absolute Gasteiger partial charge is 0.393 e. The van der Waals surface area contributed by atoms with Gasteiger partial charge in [-0.15, -0.1) is 0 Å². The maximum absolute atomic E-state index is 12.1. The van der Waals surface area contributed by atoms with Gasteiger partial charge in [-0.1, -0.05) is 11.6 Å². The number of aliphatic hydroxyl groups is 1. The van der Waals surface area contributed by atoms with Gasteiger partial charge in [0.05, 0.1) is 15.9 Å². The number of aliphatic hydroxyl groups excluding tert-OH is 1. The second kappa shape index (κ2) is 6.27. The number of sulfonamides is 1. The van der Waals surface area contributed by atoms with Gasteiger partial charge in [-0.25, -0.2) is 13.1 Å². The van der Waals surface area contributed by atoms with Crippen molar-refractivity contribution >= 4 is 27.3 Å². The number of nitro benzene ring substituents is 1. The summed E-state index contributed by atoms with van der Waals surface area (Å²) in [4.78, 5) is 9.86. The summed E-state index contributed by atoms with van der Waals surface area (Å²) in [7, 11) is -3.83. The van der Waals surface area contributed by atoms with Crippen molar-refractivity contribution in [2.24, 2.45) is 5.92 Å². The molecule has 0 radical (unpaired) electrons. The molecule has 0 bridgehead atoms. The number of rotatable bonds is 5. The van der Waals surface area contributed by atoms with E-state index in [4.69, 9.17) is 11.6 Å². The molecule has 21 heavy (non-hydrogen) atoms. The zero-order chi connectivity index (χ0) is 15.6. The van der Waals surface area contributed by atoms with Crippen LogP contribution in [-0.2, 0) is 10.0 Å². The molecule has 116 valence electrons. The Labute approximate surface area is 127 Å². The van der Waals surface area contributed by atoms with Crippen LogP contribution in [-0.4, -0.2) is 31.1 Å². The minimum absolute atomic E-state index is 0.0806. The quantitative estimate of drug-likeness (QED) is 0.629. The standard InChI is InChI=1S/C12H15ClN2O5S/c13-11-4-3-10(6-12(11)15(17)18)21(19,20)14-7-8-1-2-9(16)5-8/h3-4,6,8-9,14,16H,1-2,5,7H2. The average Bonchev–Trinajstić information content (AvgIpc) is 2.82. The van der Waals surface area contributed by atoms with Gasteiger partial charge in [0.25, 0.3) is 5.69 Å². The maximum Gasteiger partial charge on any atom is 0.289 e. The van der Waals surface area contributed by atoms with Crippen molar-refractivity contribution in [3.8, 4) is 0 Å². The van der Waals surface area contributed by atoms with Gasteiger partial charge in [0.1, 0.15) is 5.02 Å². The molecule has 0 aliphatic heterocycles. The second-order valence-electron chi connectivity index (χ2n) is 5.06. The zero-order valence-corrected chi connectivity index (χ0v) is 12.6. The van der Waals surface area contributed by atoms with Crippen LogP contribution in [0, 0.1) is 16.0 Å². The monoisotopic (exact) mass is 334 g/mol. The van der Waals surface area contributed by atoms with Crippen LogP contribution < -0.4 is 4.72 Å². The highest BCUT2D eigenvalue weighted by Gasteiger charge is 2.26. The fourth-order valence-electron chi connectivity index (χ4n) is 2.34. The van der Waals surface area contributed by atoms with E-state index in [-0.39, 0.29) is 28.5 Å². The first-order valence-corrected chi connectivity index (χ1v) is 8.27. The molecule has 1 aromatic carbocycles. The molecule has 2 atom stereocenters. The summed E-state index contributed by atoms with van der Waals surface area (Å²) in [6.45, 7) is 0.204. The van der Waals surface area contributed by atoms with E-state index in [1.54, 1.807) is 0 Å². The highest BCUT2D eigenvalue weighted by Crippen LogP contribution is 2.28. The fourth-order valence-corrected chi connectivity index (χ4v) is 3.67. The van der Waals surface area contributed by atoms with Gasteiger partial charge in [0.2, 0.25) is 10.0 Å². The average molecular weight is 335 g/mol. The Morgan fingerprint density at radius 1 is 1.43 bits per heavy atom. The molecule has 0 aromatic heterocycles. The summed E-state index contributed by atoms with van der Waals surface area (Å²) in [5.41, 5.74) is -0.448. The Hall–Kier alpha value is -1.22. The number of benzene rings is 1. The van der Waals surface area contributed by atoms with Crippen LogP contribution in [0.4, 0.5) is 5.69 Å². The van der Waals surface area contributed by atoms with Gasteiger partial charge < -0.3 is 5.11 Å². The first-order chi connectivity index (χ1) is 9.79. The van der Waals surface area contributed by atoms with Gasteiger partial charge >= 0.3 is 0 Å². The Balaban J connectivity index is 2.12. The van der Waals surface area contributed by atoms with Gasteiger partial charge in [0.15, 0.2) is 0 Å². The normalized spacial score (nSPS) is 22.4. The first kappa shape index (κ1) is 16.2. The van der Waals surface area contributed by atoms with Gasteiger partial charge in [-0.3, -0.25) is 10.1 Å². The molecular weight excluding hydrogens is 320 g/mol. The molecule has 9 heteroatoms. The van der Waals surface area contributed by atoms with Crippen molar-refractivity contribution in [3.63, 3.8) is 0 Å². The van der Waals surface area contributed by atoms with E-state index in [2.05, 4.69) is 4.72 Å². The summed E-state index contributed by atoms with van der Waals surface area (Å²) in [6, 6.07) is 3.35. The molecule has 1 saturated carbocycles. The van der Waals surface area contributed by atoms with E-state index in [1.165, 1.54) is 12.1 Å². The molecule has 0 saturated heterocycles. The predicted molar refractivity (Wildman–Crippen MR) is 76.6 cm³/mol. The van der Waals surface area contributed by atoms with Crippen molar-refractivity contribution < 1.29 is 18.4 Å². The van der Waals surface area contributed by atoms with Crippen molar-refractivity contribution in [1.29, 1.82) is 0 Å². The van der Waals surface area contributed by atoms with E-state index in [0.29, 0.717) is 12.8 Å². The molecule has 2 N–H and O–H groups in total. The molecule has 0 amide bonds. The highest BCUT2D eigenvalue weighted by atomic mass is 35.5. The molecule has 1 aliphatic carbocycles. The van der Waals surface area contributed by atoms with Gasteiger partial charge in [-0.05, 0) is 37.3 Å². The molecule has 1 aromatic rings. The molecule has 7 nitrogen and oxygen atoms in total. The van der Waals surface area contributed by atoms with Crippen LogP contribution in [0.2, 0.25) is 5.02 Å². The van der Waals surface area contributed by atoms with Gasteiger partial charge in [0, 0.05) is 12.6 Å². The van der Waals surface area contributed by atoms with Crippen molar-refractivity contribution in [1.82, 2.24) is 4.72 Å². The lowest BCUT2D eigenvalue weighted by Crippen LogP contribution is -2.28. The Morgan fingerprint density at radius 2 is 2.14 bits per heavy atom. The summed E-state index contributed by atoms with van der Waals surface area (Å²) in [6.07, 6.45) is 1.60. The summed E-state index contributed by atoms with van der Waals surface area (Å²) in [5.74, 6) is 0.0806. The van der Waals surface area contributed by atoms with Crippen LogP contribution in [0.1, 0.15) is 19.3 Å². The third-order valence-electron chi connectivity index (χ3n) is 3.50. The second-order valence-corrected chi connectivity index (χ2v) is 7.23. The van der Waals surface area contributed by atoms with E-state index in [9.17, 15) is 23.6 Å². The van der Waals surface area contributed by atoms with Crippen LogP contribution >= 0.6 is 11.6 Å². The topological polar surface area (TPSA) is 110 Å². The van der Waals surface area contributed by atoms with Crippen molar-refractivity contribution in [2.75, 3.05) is 6.54 Å². The minimum atomic E-state index is -3.83. The summed E-state index contributed by atoms with van der Waals surface area (Å²) >= 11 is 5.65. The third kappa shape index (κ3) is 3.91. The van der Waals surface area contributed by atoms with Crippen molar-refractivity contribution in [2.45, 2.75) is 30.3 Å². The van der Waals surface area contributed by atoms with Crippen LogP contribution in [0.3, 0.4) is 0 Å². The van der Waals surface area contributed by atoms with E-state index >= 15 is 0 Å². The molecule has 1 fully saturated rings. The van der Waals surface area contributed by atoms with Gasteiger partial charge in [-0.2, -0.15) is 0 Å². The lowest BCUT2D eigenvalue weighted by molar-refractivity contribution is -0.384. The SMILES string of the molecule is O=[N+]([O-])c1cc(S(=O)(=O)NCC2CCC(O)C2)ccc1Cl. The third-order valence-corrected chi connectivity index (χ3v) is 5.24. The number of nitrogens with one attached hydrogen (secondary N) is 1. The Morgan fingerprint density at radius 3 is 2.71 bits per heavy atom. The predicted octanol–water partition coefficient (Wildman–Crippen LogP) is 1.69. The van der Waals surface area contributed by atoms with Crippen LogP contribution in [0.5, 0.6) is 0 Å². The molecule has 2 rings (SSSR count). The number of nitro groups is 1. The van der Waals surface area contributed by atoms with E-state index in [0.717, 1.165) is 12.5 Å². The van der Waals surface area contributed by atoms with E-state index < -0.39 is 20.6 Å². The number of hydrogen-bond acceptors (Lipinski definition) is 5. The van der Waals surface area contributed by atoms with Crippen LogP contribution in [0.15, 0.2) is 23.1 Å². The summed E-state index contributed by atoms with van der Waals surface area (Å²) in [5, 5.41) is 20.1. The maximum atomic E-state index is 12.1. The molecule has 1 aliphatic rings. The first-order valence-electron chi connectivity index (χ1n) is 6.41. The Kier molecular flexibility index (Phi) is 4.82. The molecular formula is C12H15ClN2O5S. The minimum Gasteiger partial charge on any atom is -0.393 e.